The average molecular weight is 284 g/mol. The summed E-state index contributed by atoms with van der Waals surface area (Å²) in [6.07, 6.45) is 3.26. The first kappa shape index (κ1) is 13.1. The summed E-state index contributed by atoms with van der Waals surface area (Å²) >= 11 is 0. The predicted molar refractivity (Wildman–Crippen MR) is 73.7 cm³/mol. The molecular formula is C13H12N6O2. The van der Waals surface area contributed by atoms with Gasteiger partial charge in [0.05, 0.1) is 24.1 Å². The van der Waals surface area contributed by atoms with Gasteiger partial charge in [-0.2, -0.15) is 4.98 Å². The first-order valence-electron chi connectivity index (χ1n) is 6.25. The van der Waals surface area contributed by atoms with Gasteiger partial charge in [0.25, 0.3) is 0 Å². The molecule has 2 heterocycles. The topological polar surface area (TPSA) is 120 Å². The Labute approximate surface area is 119 Å². The number of rotatable bonds is 5. The number of amides is 1. The number of aromatic nitrogens is 4. The molecule has 0 saturated heterocycles. The zero-order valence-corrected chi connectivity index (χ0v) is 11.0. The molecule has 1 aromatic carbocycles. The van der Waals surface area contributed by atoms with Crippen molar-refractivity contribution in [2.45, 2.75) is 6.54 Å². The van der Waals surface area contributed by atoms with Crippen LogP contribution in [0.1, 0.15) is 5.89 Å². The second-order valence-electron chi connectivity index (χ2n) is 4.34. The fourth-order valence-electron chi connectivity index (χ4n) is 1.84. The molecule has 0 radical (unpaired) electrons. The molecule has 0 atom stereocenters. The molecule has 0 aliphatic heterocycles. The third-order valence-corrected chi connectivity index (χ3v) is 2.77. The number of carbonyl (C=O) groups excluding carboxylic acids is 1. The van der Waals surface area contributed by atoms with Gasteiger partial charge < -0.3 is 10.3 Å². The standard InChI is InChI=1S/C13H12N6O2/c14-11(20)6-15-7-12-18-13(19-21-12)8-1-2-9-10(5-8)17-4-3-16-9/h1-5,15H,6-7H2,(H2,14,20). The van der Waals surface area contributed by atoms with Crippen molar-refractivity contribution in [1.82, 2.24) is 25.4 Å². The minimum absolute atomic E-state index is 0.0588. The van der Waals surface area contributed by atoms with Gasteiger partial charge in [-0.1, -0.05) is 5.16 Å². The number of hydrogen-bond donors (Lipinski definition) is 2. The van der Waals surface area contributed by atoms with Crippen LogP contribution in [-0.4, -0.2) is 32.6 Å². The lowest BCUT2D eigenvalue weighted by molar-refractivity contribution is -0.117. The summed E-state index contributed by atoms with van der Waals surface area (Å²) in [5, 5.41) is 6.70. The molecule has 8 nitrogen and oxygen atoms in total. The number of nitrogens with zero attached hydrogens (tertiary/aromatic N) is 4. The highest BCUT2D eigenvalue weighted by Crippen LogP contribution is 2.19. The number of benzene rings is 1. The van der Waals surface area contributed by atoms with E-state index in [4.69, 9.17) is 10.3 Å². The Bertz CT molecular complexity index is 785. The van der Waals surface area contributed by atoms with E-state index in [0.29, 0.717) is 11.7 Å². The predicted octanol–water partition coefficient (Wildman–Crippen LogP) is 0.255. The molecule has 0 bridgehead atoms. The van der Waals surface area contributed by atoms with Gasteiger partial charge in [0, 0.05) is 18.0 Å². The van der Waals surface area contributed by atoms with Crippen LogP contribution in [-0.2, 0) is 11.3 Å². The third-order valence-electron chi connectivity index (χ3n) is 2.77. The monoisotopic (exact) mass is 284 g/mol. The first-order chi connectivity index (χ1) is 10.2. The number of nitrogens with two attached hydrogens (primary N) is 1. The molecule has 8 heteroatoms. The lowest BCUT2D eigenvalue weighted by Gasteiger charge is -1.97. The van der Waals surface area contributed by atoms with Crippen molar-refractivity contribution in [3.8, 4) is 11.4 Å². The van der Waals surface area contributed by atoms with Gasteiger partial charge in [0.2, 0.25) is 17.6 Å². The Morgan fingerprint density at radius 3 is 2.86 bits per heavy atom. The Morgan fingerprint density at radius 2 is 2.05 bits per heavy atom. The SMILES string of the molecule is NC(=O)CNCc1nc(-c2ccc3nccnc3c2)no1. The number of nitrogens with one attached hydrogen (secondary N) is 1. The quantitative estimate of drug-likeness (QED) is 0.689. The summed E-state index contributed by atoms with van der Waals surface area (Å²) in [6.45, 7) is 0.340. The van der Waals surface area contributed by atoms with Gasteiger partial charge >= 0.3 is 0 Å². The lowest BCUT2D eigenvalue weighted by Crippen LogP contribution is -2.28. The molecule has 3 rings (SSSR count). The maximum Gasteiger partial charge on any atom is 0.240 e. The summed E-state index contributed by atoms with van der Waals surface area (Å²) in [5.74, 6) is 0.395. The molecule has 0 aliphatic carbocycles. The van der Waals surface area contributed by atoms with Crippen LogP contribution in [0, 0.1) is 0 Å². The van der Waals surface area contributed by atoms with Crippen molar-refractivity contribution < 1.29 is 9.32 Å². The number of carbonyl (C=O) groups is 1. The Morgan fingerprint density at radius 1 is 1.24 bits per heavy atom. The van der Waals surface area contributed by atoms with E-state index < -0.39 is 5.91 Å². The molecule has 0 unspecified atom stereocenters. The molecule has 0 fully saturated rings. The highest BCUT2D eigenvalue weighted by atomic mass is 16.5. The Kier molecular flexibility index (Phi) is 3.52. The Balaban J connectivity index is 1.79. The van der Waals surface area contributed by atoms with Gasteiger partial charge in [0.1, 0.15) is 0 Å². The van der Waals surface area contributed by atoms with Crippen LogP contribution in [0.4, 0.5) is 0 Å². The summed E-state index contributed by atoms with van der Waals surface area (Å²) in [7, 11) is 0. The van der Waals surface area contributed by atoms with Crippen LogP contribution in [0.25, 0.3) is 22.4 Å². The van der Waals surface area contributed by atoms with E-state index in [1.165, 1.54) is 0 Å². The number of hydrogen-bond acceptors (Lipinski definition) is 7. The molecule has 3 N–H and O–H groups in total. The first-order valence-corrected chi connectivity index (χ1v) is 6.25. The fraction of sp³-hybridized carbons (Fsp3) is 0.154. The minimum atomic E-state index is -0.442. The fourth-order valence-corrected chi connectivity index (χ4v) is 1.84. The second kappa shape index (κ2) is 5.63. The third kappa shape index (κ3) is 3.00. The molecule has 0 aliphatic rings. The van der Waals surface area contributed by atoms with E-state index in [-0.39, 0.29) is 13.1 Å². The van der Waals surface area contributed by atoms with Gasteiger partial charge in [-0.05, 0) is 18.2 Å². The lowest BCUT2D eigenvalue weighted by atomic mass is 10.2. The Hall–Kier alpha value is -2.87. The molecule has 1 amide bonds. The molecule has 0 saturated carbocycles. The maximum absolute atomic E-state index is 10.6. The smallest absolute Gasteiger partial charge is 0.240 e. The minimum Gasteiger partial charge on any atom is -0.369 e. The van der Waals surface area contributed by atoms with E-state index in [2.05, 4.69) is 25.4 Å². The summed E-state index contributed by atoms with van der Waals surface area (Å²) in [5.41, 5.74) is 7.37. The van der Waals surface area contributed by atoms with Crippen molar-refractivity contribution in [3.63, 3.8) is 0 Å². The van der Waals surface area contributed by atoms with E-state index >= 15 is 0 Å². The van der Waals surface area contributed by atoms with Crippen molar-refractivity contribution in [3.05, 3.63) is 36.5 Å². The normalized spacial score (nSPS) is 10.9. The van der Waals surface area contributed by atoms with Gasteiger partial charge in [-0.3, -0.25) is 20.1 Å². The summed E-state index contributed by atoms with van der Waals surface area (Å²) in [4.78, 5) is 23.3. The van der Waals surface area contributed by atoms with Crippen LogP contribution in [0.2, 0.25) is 0 Å². The average Bonchev–Trinajstić information content (AvgIpc) is 2.95. The van der Waals surface area contributed by atoms with Gasteiger partial charge in [-0.15, -0.1) is 0 Å². The van der Waals surface area contributed by atoms with E-state index in [1.54, 1.807) is 12.4 Å². The molecule has 3 aromatic rings. The highest BCUT2D eigenvalue weighted by molar-refractivity contribution is 5.79. The van der Waals surface area contributed by atoms with Crippen LogP contribution in [0.3, 0.4) is 0 Å². The molecule has 21 heavy (non-hydrogen) atoms. The van der Waals surface area contributed by atoms with Crippen molar-refractivity contribution >= 4 is 16.9 Å². The number of primary amides is 1. The van der Waals surface area contributed by atoms with Crippen molar-refractivity contribution in [2.24, 2.45) is 5.73 Å². The van der Waals surface area contributed by atoms with Crippen LogP contribution < -0.4 is 11.1 Å². The van der Waals surface area contributed by atoms with Crippen molar-refractivity contribution in [1.29, 1.82) is 0 Å². The highest BCUT2D eigenvalue weighted by Gasteiger charge is 2.09. The van der Waals surface area contributed by atoms with Crippen molar-refractivity contribution in [2.75, 3.05) is 6.54 Å². The largest absolute Gasteiger partial charge is 0.369 e. The summed E-state index contributed by atoms with van der Waals surface area (Å²) in [6, 6.07) is 5.54. The van der Waals surface area contributed by atoms with E-state index in [1.807, 2.05) is 18.2 Å². The molecule has 0 spiro atoms. The second-order valence-corrected chi connectivity index (χ2v) is 4.34. The zero-order valence-electron chi connectivity index (χ0n) is 11.0. The van der Waals surface area contributed by atoms with Crippen LogP contribution in [0.15, 0.2) is 35.1 Å². The zero-order chi connectivity index (χ0) is 14.7. The van der Waals surface area contributed by atoms with Crippen LogP contribution in [0.5, 0.6) is 0 Å². The van der Waals surface area contributed by atoms with Crippen LogP contribution >= 0.6 is 0 Å². The maximum atomic E-state index is 10.6. The molecule has 106 valence electrons. The molecular weight excluding hydrogens is 272 g/mol. The van der Waals surface area contributed by atoms with E-state index in [0.717, 1.165) is 16.6 Å². The van der Waals surface area contributed by atoms with Gasteiger partial charge in [-0.25, -0.2) is 0 Å². The van der Waals surface area contributed by atoms with E-state index in [9.17, 15) is 4.79 Å². The summed E-state index contributed by atoms with van der Waals surface area (Å²) < 4.78 is 5.10. The number of fused-ring (bicyclic) bond motifs is 1. The van der Waals surface area contributed by atoms with Gasteiger partial charge in [0.15, 0.2) is 0 Å². The molecule has 2 aromatic heterocycles.